The minimum atomic E-state index is -0.283. The van der Waals surface area contributed by atoms with Gasteiger partial charge in [-0.15, -0.1) is 0 Å². The van der Waals surface area contributed by atoms with Gasteiger partial charge in [-0.25, -0.2) is 4.79 Å². The average molecular weight is 441 g/mol. The van der Waals surface area contributed by atoms with E-state index in [1.54, 1.807) is 4.90 Å². The summed E-state index contributed by atoms with van der Waals surface area (Å²) in [4.78, 5) is 14.2. The van der Waals surface area contributed by atoms with Crippen molar-refractivity contribution in [2.45, 2.75) is 38.1 Å². The molecule has 2 aromatic carbocycles. The van der Waals surface area contributed by atoms with Crippen LogP contribution in [0.5, 0.6) is 5.75 Å². The highest BCUT2D eigenvalue weighted by Gasteiger charge is 2.24. The Morgan fingerprint density at radius 1 is 1.13 bits per heavy atom. The first kappa shape index (κ1) is 16.8. The molecule has 1 aliphatic carbocycles. The van der Waals surface area contributed by atoms with Crippen LogP contribution in [0.4, 0.5) is 4.79 Å². The van der Waals surface area contributed by atoms with Crippen LogP contribution >= 0.6 is 31.9 Å². The van der Waals surface area contributed by atoms with Gasteiger partial charge >= 0.3 is 6.09 Å². The zero-order valence-electron chi connectivity index (χ0n) is 13.0. The Labute approximate surface area is 153 Å². The molecule has 0 N–H and O–H groups in total. The first-order valence-corrected chi connectivity index (χ1v) is 9.47. The molecule has 0 unspecified atom stereocenters. The van der Waals surface area contributed by atoms with Crippen LogP contribution in [0, 0.1) is 0 Å². The predicted molar refractivity (Wildman–Crippen MR) is 100 cm³/mol. The second-order valence-corrected chi connectivity index (χ2v) is 7.72. The lowest BCUT2D eigenvalue weighted by Gasteiger charge is -2.30. The van der Waals surface area contributed by atoms with Gasteiger partial charge in [-0.3, -0.25) is 0 Å². The topological polar surface area (TPSA) is 29.5 Å². The minimum Gasteiger partial charge on any atom is -0.409 e. The van der Waals surface area contributed by atoms with Crippen LogP contribution in [0.2, 0.25) is 0 Å². The van der Waals surface area contributed by atoms with Crippen LogP contribution in [0.3, 0.4) is 0 Å². The van der Waals surface area contributed by atoms with Gasteiger partial charge < -0.3 is 9.64 Å². The number of hydrogen-bond donors (Lipinski definition) is 0. The first-order valence-electron chi connectivity index (χ1n) is 7.88. The number of carbonyl (C=O) groups excluding carboxylic acids is 1. The molecule has 1 aliphatic rings. The summed E-state index contributed by atoms with van der Waals surface area (Å²) in [5, 5.41) is 2.12. The van der Waals surface area contributed by atoms with E-state index in [2.05, 4.69) is 31.9 Å². The molecule has 3 nitrogen and oxygen atoms in total. The van der Waals surface area contributed by atoms with Gasteiger partial charge in [-0.05, 0) is 57.7 Å². The highest BCUT2D eigenvalue weighted by molar-refractivity contribution is 9.11. The van der Waals surface area contributed by atoms with Crippen LogP contribution in [-0.2, 0) is 0 Å². The number of fused-ring (bicyclic) bond motifs is 1. The zero-order chi connectivity index (χ0) is 16.4. The lowest BCUT2D eigenvalue weighted by Crippen LogP contribution is -2.40. The van der Waals surface area contributed by atoms with Gasteiger partial charge in [0.1, 0.15) is 5.75 Å². The standard InChI is InChI=1S/C18H19Br2NO2/c1-21(14-5-3-2-4-6-14)18(22)23-16-10-7-12-11-13(19)8-9-15(12)17(16)20/h7-11,14H,2-6H2,1H3. The van der Waals surface area contributed by atoms with Crippen LogP contribution in [0.1, 0.15) is 32.1 Å². The number of amides is 1. The van der Waals surface area contributed by atoms with Gasteiger partial charge in [0, 0.05) is 17.6 Å². The number of hydrogen-bond acceptors (Lipinski definition) is 2. The van der Waals surface area contributed by atoms with Crippen molar-refractivity contribution in [3.8, 4) is 5.75 Å². The summed E-state index contributed by atoms with van der Waals surface area (Å²) >= 11 is 7.04. The molecule has 1 saturated carbocycles. The average Bonchev–Trinajstić information content (AvgIpc) is 2.57. The number of nitrogens with zero attached hydrogens (tertiary/aromatic N) is 1. The minimum absolute atomic E-state index is 0.283. The molecule has 3 rings (SSSR count). The van der Waals surface area contributed by atoms with Crippen molar-refractivity contribution >= 4 is 48.7 Å². The lowest BCUT2D eigenvalue weighted by molar-refractivity contribution is 0.133. The molecule has 0 heterocycles. The fourth-order valence-electron chi connectivity index (χ4n) is 3.11. The molecule has 0 bridgehead atoms. The summed E-state index contributed by atoms with van der Waals surface area (Å²) in [5.41, 5.74) is 0. The molecule has 2 aromatic rings. The van der Waals surface area contributed by atoms with Crippen molar-refractivity contribution < 1.29 is 9.53 Å². The van der Waals surface area contributed by atoms with Gasteiger partial charge in [0.25, 0.3) is 0 Å². The molecular weight excluding hydrogens is 422 g/mol. The SMILES string of the molecule is CN(C(=O)Oc1ccc2cc(Br)ccc2c1Br)C1CCCCC1. The fraction of sp³-hybridized carbons (Fsp3) is 0.389. The Bertz CT molecular complexity index is 726. The van der Waals surface area contributed by atoms with E-state index in [0.717, 1.165) is 32.6 Å². The number of rotatable bonds is 2. The summed E-state index contributed by atoms with van der Waals surface area (Å²) in [6.45, 7) is 0. The number of carbonyl (C=O) groups is 1. The summed E-state index contributed by atoms with van der Waals surface area (Å²) < 4.78 is 7.47. The number of benzene rings is 2. The first-order chi connectivity index (χ1) is 11.1. The molecule has 1 fully saturated rings. The van der Waals surface area contributed by atoms with Gasteiger partial charge in [0.05, 0.1) is 4.47 Å². The van der Waals surface area contributed by atoms with Crippen molar-refractivity contribution in [1.82, 2.24) is 4.90 Å². The molecule has 23 heavy (non-hydrogen) atoms. The van der Waals surface area contributed by atoms with Crippen molar-refractivity contribution in [3.05, 3.63) is 39.3 Å². The molecular formula is C18H19Br2NO2. The van der Waals surface area contributed by atoms with Crippen molar-refractivity contribution in [2.24, 2.45) is 0 Å². The Hall–Kier alpha value is -1.07. The Morgan fingerprint density at radius 2 is 1.87 bits per heavy atom. The summed E-state index contributed by atoms with van der Waals surface area (Å²) in [6, 6.07) is 10.1. The molecule has 0 spiro atoms. The van der Waals surface area contributed by atoms with E-state index >= 15 is 0 Å². The van der Waals surface area contributed by atoms with Gasteiger partial charge in [0.2, 0.25) is 0 Å². The largest absolute Gasteiger partial charge is 0.415 e. The highest BCUT2D eigenvalue weighted by atomic mass is 79.9. The lowest BCUT2D eigenvalue weighted by atomic mass is 9.95. The maximum absolute atomic E-state index is 12.4. The normalized spacial score (nSPS) is 15.6. The van der Waals surface area contributed by atoms with Gasteiger partial charge in [-0.1, -0.05) is 47.3 Å². The van der Waals surface area contributed by atoms with E-state index in [1.165, 1.54) is 19.3 Å². The van der Waals surface area contributed by atoms with E-state index < -0.39 is 0 Å². The van der Waals surface area contributed by atoms with E-state index in [4.69, 9.17) is 4.74 Å². The monoisotopic (exact) mass is 439 g/mol. The third-order valence-corrected chi connectivity index (χ3v) is 5.80. The molecule has 122 valence electrons. The van der Waals surface area contributed by atoms with Crippen LogP contribution in [0.15, 0.2) is 39.3 Å². The third kappa shape index (κ3) is 3.72. The molecule has 0 saturated heterocycles. The molecule has 0 radical (unpaired) electrons. The van der Waals surface area contributed by atoms with E-state index in [1.807, 2.05) is 37.4 Å². The number of halogens is 2. The van der Waals surface area contributed by atoms with Crippen molar-refractivity contribution in [3.63, 3.8) is 0 Å². The molecule has 0 atom stereocenters. The Morgan fingerprint density at radius 3 is 2.61 bits per heavy atom. The molecule has 0 aromatic heterocycles. The Kier molecular flexibility index (Phi) is 5.27. The molecule has 0 aliphatic heterocycles. The van der Waals surface area contributed by atoms with E-state index in [0.29, 0.717) is 11.8 Å². The maximum atomic E-state index is 12.4. The summed E-state index contributed by atoms with van der Waals surface area (Å²) in [6.07, 6.45) is 5.50. The second kappa shape index (κ2) is 7.22. The van der Waals surface area contributed by atoms with Crippen LogP contribution in [-0.4, -0.2) is 24.1 Å². The van der Waals surface area contributed by atoms with E-state index in [9.17, 15) is 4.79 Å². The Balaban J connectivity index is 1.79. The maximum Gasteiger partial charge on any atom is 0.415 e. The van der Waals surface area contributed by atoms with Crippen LogP contribution < -0.4 is 4.74 Å². The molecule has 5 heteroatoms. The summed E-state index contributed by atoms with van der Waals surface area (Å²) in [7, 11) is 1.84. The van der Waals surface area contributed by atoms with Crippen LogP contribution in [0.25, 0.3) is 10.8 Å². The van der Waals surface area contributed by atoms with E-state index in [-0.39, 0.29) is 6.09 Å². The third-order valence-electron chi connectivity index (χ3n) is 4.49. The van der Waals surface area contributed by atoms with Crippen molar-refractivity contribution in [2.75, 3.05) is 7.05 Å². The smallest absolute Gasteiger partial charge is 0.409 e. The zero-order valence-corrected chi connectivity index (χ0v) is 16.2. The van der Waals surface area contributed by atoms with Gasteiger partial charge in [0.15, 0.2) is 0 Å². The number of ether oxygens (including phenoxy) is 1. The predicted octanol–water partition coefficient (Wildman–Crippen LogP) is 6.13. The van der Waals surface area contributed by atoms with Crippen molar-refractivity contribution in [1.29, 1.82) is 0 Å². The quantitative estimate of drug-likeness (QED) is 0.562. The second-order valence-electron chi connectivity index (χ2n) is 6.01. The summed E-state index contributed by atoms with van der Waals surface area (Å²) in [5.74, 6) is 0.562. The van der Waals surface area contributed by atoms with Gasteiger partial charge in [-0.2, -0.15) is 0 Å². The fourth-order valence-corrected chi connectivity index (χ4v) is 4.06. The molecule has 1 amide bonds. The highest BCUT2D eigenvalue weighted by Crippen LogP contribution is 2.35.